The number of halogens is 7. The first kappa shape index (κ1) is 79.4. The molecule has 3 aromatic heterocycles. The summed E-state index contributed by atoms with van der Waals surface area (Å²) in [7, 11) is 0. The summed E-state index contributed by atoms with van der Waals surface area (Å²) >= 11 is 20.2. The molecule has 0 aliphatic carbocycles. The van der Waals surface area contributed by atoms with Crippen LogP contribution in [0.25, 0.3) is 32.7 Å². The van der Waals surface area contributed by atoms with Crippen molar-refractivity contribution in [3.63, 3.8) is 0 Å². The highest BCUT2D eigenvalue weighted by molar-refractivity contribution is 9.10. The van der Waals surface area contributed by atoms with Crippen LogP contribution in [0, 0.1) is 29.4 Å². The molecule has 28 heteroatoms. The molecular weight excluding hydrogens is 1540 g/mol. The Morgan fingerprint density at radius 2 is 0.791 bits per heavy atom. The number of carboxylic acid groups (broad SMARTS) is 3. The number of hydrogen-bond donors (Lipinski definition) is 9. The Bertz CT molecular complexity index is 4710. The van der Waals surface area contributed by atoms with Crippen molar-refractivity contribution in [2.75, 3.05) is 94.5 Å². The Morgan fingerprint density at radius 1 is 0.436 bits per heavy atom. The fourth-order valence-electron chi connectivity index (χ4n) is 17.6. The summed E-state index contributed by atoms with van der Waals surface area (Å²) in [5.41, 5.74) is 7.59. The highest BCUT2D eigenvalue weighted by Gasteiger charge is 2.43. The Hall–Kier alpha value is -8.70. The number of H-pyrrole nitrogens is 3. The second-order valence-electron chi connectivity index (χ2n) is 29.8. The number of nitrogens with zero attached hydrogens (tertiary/aromatic N) is 6. The molecule has 15 rings (SSSR count). The molecule has 6 saturated heterocycles. The summed E-state index contributed by atoms with van der Waals surface area (Å²) in [6.45, 7) is 7.93. The van der Waals surface area contributed by atoms with Crippen molar-refractivity contribution in [3.05, 3.63) is 195 Å². The molecular formula is C82H91BrClF5N12O7S2. The van der Waals surface area contributed by atoms with Crippen molar-refractivity contribution < 1.29 is 56.4 Å². The van der Waals surface area contributed by atoms with Crippen LogP contribution in [0.1, 0.15) is 117 Å². The number of para-hydroxylation sites is 3. The average molecular weight is 1630 g/mol. The molecule has 9 aromatic rings. The number of aromatic amines is 3. The second-order valence-corrected chi connectivity index (χ2v) is 31.9. The number of piperidine rings is 6. The molecule has 9 N–H and O–H groups in total. The number of aromatic nitrogens is 3. The maximum Gasteiger partial charge on any atom is 0.417 e. The van der Waals surface area contributed by atoms with E-state index in [1.165, 1.54) is 61.5 Å². The summed E-state index contributed by atoms with van der Waals surface area (Å²) in [6.07, 6.45) is 11.3. The molecule has 110 heavy (non-hydrogen) atoms. The van der Waals surface area contributed by atoms with E-state index in [2.05, 4.69) is 140 Å². The maximum absolute atomic E-state index is 13.5. The number of aliphatic carboxylic acids is 3. The van der Waals surface area contributed by atoms with Gasteiger partial charge in [0.2, 0.25) is 0 Å². The summed E-state index contributed by atoms with van der Waals surface area (Å²) in [6, 6.07) is 37.2. The van der Waals surface area contributed by atoms with Gasteiger partial charge in [-0.05, 0) is 260 Å². The predicted octanol–water partition coefficient (Wildman–Crippen LogP) is 17.3. The fraction of sp³-hybridized carbons (Fsp3) is 0.415. The molecule has 0 saturated carbocycles. The van der Waals surface area contributed by atoms with E-state index in [-0.39, 0.29) is 29.1 Å². The van der Waals surface area contributed by atoms with Crippen LogP contribution >= 0.6 is 52.0 Å². The van der Waals surface area contributed by atoms with Gasteiger partial charge in [0, 0.05) is 118 Å². The highest BCUT2D eigenvalue weighted by Crippen LogP contribution is 2.41. The van der Waals surface area contributed by atoms with E-state index in [1.807, 2.05) is 47.4 Å². The summed E-state index contributed by atoms with van der Waals surface area (Å²) in [5, 5.41) is 43.5. The molecule has 0 spiro atoms. The summed E-state index contributed by atoms with van der Waals surface area (Å²) < 4.78 is 67.4. The van der Waals surface area contributed by atoms with E-state index >= 15 is 0 Å². The molecule has 6 aliphatic rings. The molecule has 3 unspecified atom stereocenters. The Morgan fingerprint density at radius 3 is 1.15 bits per heavy atom. The minimum atomic E-state index is -4.63. The molecule has 19 nitrogen and oxygen atoms in total. The molecule has 6 fully saturated rings. The SMILES string of the molecule is O=C(O)C(C1CCN(C(=O)Nc2ccc(Cl)c(C(F)(F)F)c2)CC1)N1CCC(c2c[nH]c3ccccc23)CC1.O=C(O)C(C1CCN(C(=S)Nc2cc(F)cc(F)c2)CC1)N1CCC(c2c[nH]c3ccccc23)CC1.O=C(O)C(C1CCN(C(=S)Nc2cccc(Br)c2)CC1)N1CCC(c2c[nH]c3ccccc23)CC1. The number of carboxylic acids is 3. The number of carbonyl (C=O) groups excluding carboxylic acids is 1. The summed E-state index contributed by atoms with van der Waals surface area (Å²) in [4.78, 5) is 71.9. The first-order valence-corrected chi connectivity index (χ1v) is 39.8. The van der Waals surface area contributed by atoms with E-state index in [4.69, 9.17) is 36.0 Å². The highest BCUT2D eigenvalue weighted by atomic mass is 79.9. The number of fused-ring (bicyclic) bond motifs is 3. The lowest BCUT2D eigenvalue weighted by Gasteiger charge is -2.42. The molecule has 3 atom stereocenters. The Kier molecular flexibility index (Phi) is 25.8. The molecule has 0 radical (unpaired) electrons. The maximum atomic E-state index is 13.5. The van der Waals surface area contributed by atoms with Gasteiger partial charge >= 0.3 is 30.1 Å². The third-order valence-electron chi connectivity index (χ3n) is 23.2. The fourth-order valence-corrected chi connectivity index (χ4v) is 18.8. The molecule has 6 aliphatic heterocycles. The Labute approximate surface area is 659 Å². The minimum absolute atomic E-state index is 0.000308. The van der Waals surface area contributed by atoms with Gasteiger partial charge in [0.25, 0.3) is 0 Å². The molecule has 6 aromatic carbocycles. The van der Waals surface area contributed by atoms with Gasteiger partial charge < -0.3 is 60.9 Å². The first-order chi connectivity index (χ1) is 53.0. The normalized spacial score (nSPS) is 18.9. The quantitative estimate of drug-likeness (QED) is 0.0343. The first-order valence-electron chi connectivity index (χ1n) is 37.8. The Balaban J connectivity index is 0.000000145. The van der Waals surface area contributed by atoms with Crippen molar-refractivity contribution in [2.45, 2.75) is 119 Å². The van der Waals surface area contributed by atoms with Crippen LogP contribution in [0.2, 0.25) is 5.02 Å². The third-order valence-corrected chi connectivity index (χ3v) is 24.8. The van der Waals surface area contributed by atoms with Crippen molar-refractivity contribution in [1.82, 2.24) is 44.4 Å². The number of carbonyl (C=O) groups is 4. The molecule has 9 heterocycles. The van der Waals surface area contributed by atoms with E-state index < -0.39 is 70.5 Å². The number of anilines is 3. The van der Waals surface area contributed by atoms with Crippen LogP contribution in [0.5, 0.6) is 0 Å². The lowest BCUT2D eigenvalue weighted by molar-refractivity contribution is -0.147. The number of rotatable bonds is 15. The smallest absolute Gasteiger partial charge is 0.417 e. The number of benzene rings is 6. The van der Waals surface area contributed by atoms with Gasteiger partial charge in [0.05, 0.1) is 10.6 Å². The van der Waals surface area contributed by atoms with Gasteiger partial charge in [-0.25, -0.2) is 13.6 Å². The molecule has 582 valence electrons. The van der Waals surface area contributed by atoms with Crippen LogP contribution in [0.3, 0.4) is 0 Å². The standard InChI is InChI=1S/C28H30ClF3N4O3.C27H31BrN4O2S.C27H30F2N4O2S/c29-23-6-5-19(15-22(23)28(30,31)32)34-27(39)36-13-9-18(10-14-36)25(26(37)38)35-11-7-17(8-12-35)21-16-33-24-4-2-1-3-20(21)24;28-20-4-3-5-21(16-20)30-27(35)32-14-10-19(11-15-32)25(26(33)34)31-12-8-18(9-13-31)23-17-29-24-7-2-1-6-22(23)24;28-19-13-20(29)15-21(14-19)31-27(36)33-11-7-18(8-12-33)25(26(34)35)32-9-5-17(6-10-32)23-16-30-24-4-2-1-3-22(23)24/h1-6,15-18,25,33H,7-14H2,(H,34,39)(H,37,38);1-7,16-19,25,29H,8-15H2,(H,30,35)(H,33,34);1-4,13-18,25,30H,5-12H2,(H,31,36)(H,34,35). The van der Waals surface area contributed by atoms with Crippen LogP contribution in [-0.2, 0) is 20.6 Å². The monoisotopic (exact) mass is 1630 g/mol. The third kappa shape index (κ3) is 19.1. The van der Waals surface area contributed by atoms with Crippen LogP contribution < -0.4 is 16.0 Å². The second kappa shape index (κ2) is 35.8. The van der Waals surface area contributed by atoms with Crippen molar-refractivity contribution in [2.24, 2.45) is 17.8 Å². The number of urea groups is 1. The van der Waals surface area contributed by atoms with E-state index in [1.54, 1.807) is 0 Å². The number of hydrogen-bond acceptors (Lipinski definition) is 9. The largest absolute Gasteiger partial charge is 0.480 e. The zero-order valence-electron chi connectivity index (χ0n) is 60.7. The summed E-state index contributed by atoms with van der Waals surface area (Å²) in [5.74, 6) is -2.35. The average Bonchev–Trinajstić information content (AvgIpc) is 1.48. The van der Waals surface area contributed by atoms with E-state index in [0.717, 1.165) is 130 Å². The van der Waals surface area contributed by atoms with Gasteiger partial charge in [-0.3, -0.25) is 29.1 Å². The van der Waals surface area contributed by atoms with Crippen molar-refractivity contribution in [3.8, 4) is 0 Å². The van der Waals surface area contributed by atoms with Gasteiger partial charge in [0.15, 0.2) is 10.2 Å². The van der Waals surface area contributed by atoms with E-state index in [0.29, 0.717) is 92.9 Å². The van der Waals surface area contributed by atoms with E-state index in [9.17, 15) is 56.4 Å². The van der Waals surface area contributed by atoms with Gasteiger partial charge in [-0.15, -0.1) is 0 Å². The molecule has 0 bridgehead atoms. The zero-order chi connectivity index (χ0) is 77.3. The lowest BCUT2D eigenvalue weighted by atomic mass is 9.84. The number of likely N-dealkylation sites (tertiary alicyclic amines) is 6. The van der Waals surface area contributed by atoms with Crippen LogP contribution in [0.4, 0.5) is 43.8 Å². The van der Waals surface area contributed by atoms with Gasteiger partial charge in [-0.1, -0.05) is 88.2 Å². The number of alkyl halides is 3. The van der Waals surface area contributed by atoms with Crippen molar-refractivity contribution in [1.29, 1.82) is 0 Å². The van der Waals surface area contributed by atoms with Gasteiger partial charge in [-0.2, -0.15) is 13.2 Å². The predicted molar refractivity (Wildman–Crippen MR) is 431 cm³/mol. The number of thiocarbonyl (C=S) groups is 2. The van der Waals surface area contributed by atoms with Crippen molar-refractivity contribution >= 4 is 136 Å². The zero-order valence-corrected chi connectivity index (χ0v) is 64.7. The minimum Gasteiger partial charge on any atom is -0.480 e. The number of nitrogens with one attached hydrogen (secondary N) is 6. The molecule has 2 amide bonds. The van der Waals surface area contributed by atoms with Gasteiger partial charge in [0.1, 0.15) is 29.8 Å². The van der Waals surface area contributed by atoms with Crippen LogP contribution in [0.15, 0.2) is 157 Å². The van der Waals surface area contributed by atoms with Crippen LogP contribution in [-0.4, -0.2) is 190 Å². The number of amides is 2. The lowest BCUT2D eigenvalue weighted by Crippen LogP contribution is -2.52. The topological polar surface area (TPSA) is 232 Å².